The van der Waals surface area contributed by atoms with Crippen molar-refractivity contribution in [1.82, 2.24) is 9.78 Å². The summed E-state index contributed by atoms with van der Waals surface area (Å²) in [5, 5.41) is 14.1. The molecule has 1 unspecified atom stereocenters. The van der Waals surface area contributed by atoms with Gasteiger partial charge in [0.15, 0.2) is 0 Å². The number of hydrogen-bond donors (Lipinski definition) is 1. The maximum Gasteiger partial charge on any atom is 0.0797 e. The maximum absolute atomic E-state index is 9.66. The van der Waals surface area contributed by atoms with Crippen molar-refractivity contribution >= 4 is 0 Å². The molecule has 0 radical (unpaired) electrons. The topological polar surface area (TPSA) is 38.0 Å². The van der Waals surface area contributed by atoms with E-state index >= 15 is 0 Å². The summed E-state index contributed by atoms with van der Waals surface area (Å²) < 4.78 is 2.03. The van der Waals surface area contributed by atoms with Crippen LogP contribution in [0, 0.1) is 19.8 Å². The van der Waals surface area contributed by atoms with Gasteiger partial charge < -0.3 is 5.11 Å². The van der Waals surface area contributed by atoms with E-state index in [1.54, 1.807) is 6.92 Å². The molecule has 1 N–H and O–H groups in total. The monoisotopic (exact) mass is 224 g/mol. The van der Waals surface area contributed by atoms with E-state index in [-0.39, 0.29) is 0 Å². The van der Waals surface area contributed by atoms with Crippen molar-refractivity contribution in [2.45, 2.75) is 60.1 Å². The first-order valence-electron chi connectivity index (χ1n) is 6.15. The SMILES string of the molecule is Cc1nn(CCCC(C)C)c(C)c1C(C)O. The van der Waals surface area contributed by atoms with E-state index in [2.05, 4.69) is 18.9 Å². The van der Waals surface area contributed by atoms with Crippen LogP contribution in [0.25, 0.3) is 0 Å². The molecule has 0 fully saturated rings. The van der Waals surface area contributed by atoms with Crippen LogP contribution >= 0.6 is 0 Å². The van der Waals surface area contributed by atoms with E-state index in [9.17, 15) is 5.11 Å². The molecule has 0 saturated carbocycles. The summed E-state index contributed by atoms with van der Waals surface area (Å²) in [4.78, 5) is 0. The second-order valence-corrected chi connectivity index (χ2v) is 5.02. The molecule has 3 heteroatoms. The molecule has 1 heterocycles. The van der Waals surface area contributed by atoms with E-state index in [1.807, 2.05) is 18.5 Å². The van der Waals surface area contributed by atoms with Crippen molar-refractivity contribution in [2.24, 2.45) is 5.92 Å². The number of rotatable bonds is 5. The fraction of sp³-hybridized carbons (Fsp3) is 0.769. The summed E-state index contributed by atoms with van der Waals surface area (Å²) in [5.41, 5.74) is 3.05. The summed E-state index contributed by atoms with van der Waals surface area (Å²) >= 11 is 0. The van der Waals surface area contributed by atoms with Crippen molar-refractivity contribution in [3.05, 3.63) is 17.0 Å². The van der Waals surface area contributed by atoms with E-state index in [4.69, 9.17) is 0 Å². The zero-order chi connectivity index (χ0) is 12.3. The van der Waals surface area contributed by atoms with Gasteiger partial charge >= 0.3 is 0 Å². The molecule has 1 aromatic rings. The van der Waals surface area contributed by atoms with Crippen LogP contribution in [-0.4, -0.2) is 14.9 Å². The predicted octanol–water partition coefficient (Wildman–Crippen LogP) is 2.99. The number of aryl methyl sites for hydroxylation is 2. The molecule has 1 atom stereocenters. The molecule has 0 aromatic carbocycles. The van der Waals surface area contributed by atoms with Crippen molar-refractivity contribution in [2.75, 3.05) is 0 Å². The average molecular weight is 224 g/mol. The normalized spacial score (nSPS) is 13.4. The Bertz CT molecular complexity index is 340. The van der Waals surface area contributed by atoms with Crippen molar-refractivity contribution in [3.63, 3.8) is 0 Å². The minimum atomic E-state index is -0.418. The van der Waals surface area contributed by atoms with Gasteiger partial charge in [-0.15, -0.1) is 0 Å². The molecule has 0 saturated heterocycles. The third kappa shape index (κ3) is 3.08. The molecule has 0 aliphatic rings. The van der Waals surface area contributed by atoms with Crippen LogP contribution in [0.1, 0.15) is 56.7 Å². The molecule has 16 heavy (non-hydrogen) atoms. The molecular weight excluding hydrogens is 200 g/mol. The minimum Gasteiger partial charge on any atom is -0.389 e. The van der Waals surface area contributed by atoms with Crippen LogP contribution in [0.5, 0.6) is 0 Å². The van der Waals surface area contributed by atoms with Gasteiger partial charge in [0, 0.05) is 17.8 Å². The Balaban J connectivity index is 2.71. The Kier molecular flexibility index (Phi) is 4.54. The molecule has 0 aliphatic heterocycles. The second kappa shape index (κ2) is 5.48. The first kappa shape index (κ1) is 13.2. The molecule has 92 valence electrons. The highest BCUT2D eigenvalue weighted by atomic mass is 16.3. The number of aromatic nitrogens is 2. The quantitative estimate of drug-likeness (QED) is 0.835. The van der Waals surface area contributed by atoms with Gasteiger partial charge in [0.05, 0.1) is 11.8 Å². The Labute approximate surface area is 98.5 Å². The van der Waals surface area contributed by atoms with Gasteiger partial charge in [-0.25, -0.2) is 0 Å². The number of aliphatic hydroxyl groups is 1. The summed E-state index contributed by atoms with van der Waals surface area (Å²) in [5.74, 6) is 0.744. The number of hydrogen-bond acceptors (Lipinski definition) is 2. The molecule has 0 amide bonds. The Morgan fingerprint density at radius 1 is 1.25 bits per heavy atom. The lowest BCUT2D eigenvalue weighted by atomic mass is 10.1. The van der Waals surface area contributed by atoms with Gasteiger partial charge in [0.25, 0.3) is 0 Å². The van der Waals surface area contributed by atoms with Gasteiger partial charge in [-0.05, 0) is 39.5 Å². The van der Waals surface area contributed by atoms with Crippen LogP contribution in [-0.2, 0) is 6.54 Å². The van der Waals surface area contributed by atoms with E-state index in [0.717, 1.165) is 35.8 Å². The molecular formula is C13H24N2O. The molecule has 3 nitrogen and oxygen atoms in total. The zero-order valence-electron chi connectivity index (χ0n) is 11.1. The Morgan fingerprint density at radius 3 is 2.31 bits per heavy atom. The van der Waals surface area contributed by atoms with Crippen LogP contribution < -0.4 is 0 Å². The molecule has 1 aromatic heterocycles. The lowest BCUT2D eigenvalue weighted by Gasteiger charge is -2.08. The van der Waals surface area contributed by atoms with Gasteiger partial charge in [-0.1, -0.05) is 13.8 Å². The summed E-state index contributed by atoms with van der Waals surface area (Å²) in [6.45, 7) is 11.2. The second-order valence-electron chi connectivity index (χ2n) is 5.02. The fourth-order valence-corrected chi connectivity index (χ4v) is 2.18. The third-order valence-corrected chi connectivity index (χ3v) is 3.01. The fourth-order valence-electron chi connectivity index (χ4n) is 2.18. The van der Waals surface area contributed by atoms with Crippen molar-refractivity contribution < 1.29 is 5.11 Å². The highest BCUT2D eigenvalue weighted by Gasteiger charge is 2.15. The van der Waals surface area contributed by atoms with Gasteiger partial charge in [-0.2, -0.15) is 5.10 Å². The third-order valence-electron chi connectivity index (χ3n) is 3.01. The van der Waals surface area contributed by atoms with Crippen LogP contribution in [0.2, 0.25) is 0 Å². The van der Waals surface area contributed by atoms with E-state index in [0.29, 0.717) is 0 Å². The van der Waals surface area contributed by atoms with Gasteiger partial charge in [-0.3, -0.25) is 4.68 Å². The predicted molar refractivity (Wildman–Crippen MR) is 66.4 cm³/mol. The smallest absolute Gasteiger partial charge is 0.0797 e. The molecule has 0 aliphatic carbocycles. The minimum absolute atomic E-state index is 0.418. The van der Waals surface area contributed by atoms with Crippen molar-refractivity contribution in [3.8, 4) is 0 Å². The average Bonchev–Trinajstić information content (AvgIpc) is 2.41. The molecule has 0 spiro atoms. The van der Waals surface area contributed by atoms with E-state index in [1.165, 1.54) is 6.42 Å². The first-order chi connectivity index (χ1) is 7.43. The molecule has 1 rings (SSSR count). The Morgan fingerprint density at radius 2 is 1.88 bits per heavy atom. The van der Waals surface area contributed by atoms with E-state index < -0.39 is 6.10 Å². The zero-order valence-corrected chi connectivity index (χ0v) is 11.1. The largest absolute Gasteiger partial charge is 0.389 e. The van der Waals surface area contributed by atoms with Crippen LogP contribution in [0.4, 0.5) is 0 Å². The summed E-state index contributed by atoms with van der Waals surface area (Å²) in [6.07, 6.45) is 1.96. The standard InChI is InChI=1S/C13H24N2O/c1-9(2)7-6-8-15-11(4)13(12(5)16)10(3)14-15/h9,12,16H,6-8H2,1-5H3. The molecule has 0 bridgehead atoms. The highest BCUT2D eigenvalue weighted by Crippen LogP contribution is 2.21. The Hall–Kier alpha value is -0.830. The highest BCUT2D eigenvalue weighted by molar-refractivity contribution is 5.26. The number of nitrogens with zero attached hydrogens (tertiary/aromatic N) is 2. The summed E-state index contributed by atoms with van der Waals surface area (Å²) in [6, 6.07) is 0. The van der Waals surface area contributed by atoms with Gasteiger partial charge in [0.2, 0.25) is 0 Å². The van der Waals surface area contributed by atoms with Crippen LogP contribution in [0.15, 0.2) is 0 Å². The van der Waals surface area contributed by atoms with Crippen molar-refractivity contribution in [1.29, 1.82) is 0 Å². The first-order valence-corrected chi connectivity index (χ1v) is 6.15. The lowest BCUT2D eigenvalue weighted by molar-refractivity contribution is 0.197. The lowest BCUT2D eigenvalue weighted by Crippen LogP contribution is -2.04. The summed E-state index contributed by atoms with van der Waals surface area (Å²) in [7, 11) is 0. The van der Waals surface area contributed by atoms with Crippen LogP contribution in [0.3, 0.4) is 0 Å². The van der Waals surface area contributed by atoms with Gasteiger partial charge in [0.1, 0.15) is 0 Å². The maximum atomic E-state index is 9.66. The number of aliphatic hydroxyl groups excluding tert-OH is 1.